The van der Waals surface area contributed by atoms with Gasteiger partial charge in [-0.1, -0.05) is 0 Å². The van der Waals surface area contributed by atoms with E-state index >= 15 is 0 Å². The highest BCUT2D eigenvalue weighted by Crippen LogP contribution is 2.19. The van der Waals surface area contributed by atoms with Crippen LogP contribution < -0.4 is 0 Å². The van der Waals surface area contributed by atoms with Gasteiger partial charge in [-0.25, -0.2) is 12.7 Å². The van der Waals surface area contributed by atoms with Crippen LogP contribution >= 0.6 is 0 Å². The van der Waals surface area contributed by atoms with Gasteiger partial charge >= 0.3 is 0 Å². The number of pyridine rings is 1. The van der Waals surface area contributed by atoms with Gasteiger partial charge in [0, 0.05) is 31.4 Å². The Morgan fingerprint density at radius 2 is 1.95 bits per heavy atom. The smallest absolute Gasteiger partial charge is 0.214 e. The minimum absolute atomic E-state index is 0.00616. The van der Waals surface area contributed by atoms with Gasteiger partial charge in [-0.15, -0.1) is 0 Å². The van der Waals surface area contributed by atoms with Crippen LogP contribution in [0.2, 0.25) is 0 Å². The number of nitrogens with zero attached hydrogens (tertiary/aromatic N) is 3. The Hall–Kier alpha value is -1.45. The zero-order valence-corrected chi connectivity index (χ0v) is 11.5. The molecule has 0 atom stereocenters. The Labute approximate surface area is 113 Å². The van der Waals surface area contributed by atoms with E-state index in [2.05, 4.69) is 11.1 Å². The van der Waals surface area contributed by atoms with Gasteiger partial charge in [-0.2, -0.15) is 5.26 Å². The number of hydrogen-bond donors (Lipinski definition) is 0. The fourth-order valence-corrected chi connectivity index (χ4v) is 3.71. The number of piperidine rings is 1. The van der Waals surface area contributed by atoms with Crippen LogP contribution in [-0.2, 0) is 16.4 Å². The first-order valence-corrected chi connectivity index (χ1v) is 7.99. The Bertz CT molecular complexity index is 543. The first kappa shape index (κ1) is 14.0. The van der Waals surface area contributed by atoms with Gasteiger partial charge in [-0.3, -0.25) is 4.98 Å². The molecule has 6 heteroatoms. The number of hydrogen-bond acceptors (Lipinski definition) is 4. The van der Waals surface area contributed by atoms with Crippen LogP contribution in [0.3, 0.4) is 0 Å². The van der Waals surface area contributed by atoms with E-state index in [0.717, 1.165) is 5.56 Å². The highest BCUT2D eigenvalue weighted by Gasteiger charge is 2.27. The molecule has 0 bridgehead atoms. The maximum Gasteiger partial charge on any atom is 0.214 e. The molecule has 1 saturated heterocycles. The van der Waals surface area contributed by atoms with Gasteiger partial charge in [0.05, 0.1) is 11.8 Å². The van der Waals surface area contributed by atoms with Gasteiger partial charge in [0.15, 0.2) is 0 Å². The van der Waals surface area contributed by atoms with Crippen molar-refractivity contribution in [3.63, 3.8) is 0 Å². The Kier molecular flexibility index (Phi) is 4.51. The fourth-order valence-electron chi connectivity index (χ4n) is 2.19. The summed E-state index contributed by atoms with van der Waals surface area (Å²) in [5, 5.41) is 8.81. The van der Waals surface area contributed by atoms with E-state index < -0.39 is 10.0 Å². The Morgan fingerprint density at radius 3 is 2.53 bits per heavy atom. The van der Waals surface area contributed by atoms with Crippen LogP contribution in [0.1, 0.15) is 18.4 Å². The first-order chi connectivity index (χ1) is 9.12. The summed E-state index contributed by atoms with van der Waals surface area (Å²) in [5.41, 5.74) is 0.977. The molecule has 1 aromatic heterocycles. The third kappa shape index (κ3) is 3.75. The van der Waals surface area contributed by atoms with Crippen molar-refractivity contribution >= 4 is 10.0 Å². The van der Waals surface area contributed by atoms with Crippen LogP contribution in [0.25, 0.3) is 0 Å². The normalized spacial score (nSPS) is 18.1. The molecule has 0 N–H and O–H groups in total. The summed E-state index contributed by atoms with van der Waals surface area (Å²) in [5.74, 6) is 0.125. The van der Waals surface area contributed by atoms with E-state index in [0.29, 0.717) is 32.4 Å². The van der Waals surface area contributed by atoms with E-state index in [1.165, 1.54) is 4.31 Å². The van der Waals surface area contributed by atoms with E-state index in [1.54, 1.807) is 12.4 Å². The molecule has 2 rings (SSSR count). The molecule has 0 spiro atoms. The van der Waals surface area contributed by atoms with Gasteiger partial charge in [0.2, 0.25) is 10.0 Å². The average Bonchev–Trinajstić information content (AvgIpc) is 2.46. The van der Waals surface area contributed by atoms with Crippen molar-refractivity contribution in [1.29, 1.82) is 5.26 Å². The largest absolute Gasteiger partial charge is 0.265 e. The molecule has 0 amide bonds. The minimum Gasteiger partial charge on any atom is -0.265 e. The second-order valence-corrected chi connectivity index (χ2v) is 6.81. The highest BCUT2D eigenvalue weighted by atomic mass is 32.2. The van der Waals surface area contributed by atoms with Crippen molar-refractivity contribution in [2.75, 3.05) is 18.8 Å². The molecule has 5 nitrogen and oxygen atoms in total. The van der Waals surface area contributed by atoms with Gasteiger partial charge in [-0.05, 0) is 37.0 Å². The molecule has 1 fully saturated rings. The van der Waals surface area contributed by atoms with Gasteiger partial charge in [0.1, 0.15) is 0 Å². The maximum absolute atomic E-state index is 12.2. The van der Waals surface area contributed by atoms with Crippen LogP contribution in [0.15, 0.2) is 24.5 Å². The molecule has 2 heterocycles. The Morgan fingerprint density at radius 1 is 1.32 bits per heavy atom. The summed E-state index contributed by atoms with van der Waals surface area (Å²) in [7, 11) is -3.21. The van der Waals surface area contributed by atoms with Crippen LogP contribution in [0.4, 0.5) is 0 Å². The molecule has 19 heavy (non-hydrogen) atoms. The predicted molar refractivity (Wildman–Crippen MR) is 71.6 cm³/mol. The second kappa shape index (κ2) is 6.13. The van der Waals surface area contributed by atoms with Crippen LogP contribution in [0, 0.1) is 17.2 Å². The molecule has 102 valence electrons. The summed E-state index contributed by atoms with van der Waals surface area (Å²) in [6, 6.07) is 5.87. The van der Waals surface area contributed by atoms with Crippen LogP contribution in [0.5, 0.6) is 0 Å². The summed E-state index contributed by atoms with van der Waals surface area (Å²) in [6.45, 7) is 0.938. The quantitative estimate of drug-likeness (QED) is 0.829. The number of aromatic nitrogens is 1. The first-order valence-electron chi connectivity index (χ1n) is 6.38. The van der Waals surface area contributed by atoms with Gasteiger partial charge < -0.3 is 0 Å². The second-order valence-electron chi connectivity index (χ2n) is 4.72. The predicted octanol–water partition coefficient (Wildman–Crippen LogP) is 1.19. The van der Waals surface area contributed by atoms with Crippen molar-refractivity contribution in [1.82, 2.24) is 9.29 Å². The van der Waals surface area contributed by atoms with Crippen molar-refractivity contribution < 1.29 is 8.42 Å². The number of nitriles is 1. The van der Waals surface area contributed by atoms with Crippen molar-refractivity contribution in [3.05, 3.63) is 30.1 Å². The molecular weight excluding hydrogens is 262 g/mol. The molecule has 1 aliphatic heterocycles. The lowest BCUT2D eigenvalue weighted by molar-refractivity contribution is 0.310. The monoisotopic (exact) mass is 279 g/mol. The molecule has 0 aromatic carbocycles. The number of sulfonamides is 1. The third-order valence-electron chi connectivity index (χ3n) is 3.43. The Balaban J connectivity index is 1.91. The lowest BCUT2D eigenvalue weighted by Crippen LogP contribution is -2.39. The highest BCUT2D eigenvalue weighted by molar-refractivity contribution is 7.89. The molecule has 0 saturated carbocycles. The zero-order chi connectivity index (χ0) is 13.7. The summed E-state index contributed by atoms with van der Waals surface area (Å²) < 4.78 is 25.9. The SMILES string of the molecule is N#CC1CCN(S(=O)(=O)CCc2ccncc2)CC1. The fraction of sp³-hybridized carbons (Fsp3) is 0.538. The zero-order valence-electron chi connectivity index (χ0n) is 10.7. The standard InChI is InChI=1S/C13H17N3O2S/c14-11-13-3-8-16(9-4-13)19(17,18)10-5-12-1-6-15-7-2-12/h1-2,6-7,13H,3-5,8-10H2. The molecule has 1 aliphatic rings. The molecule has 1 aromatic rings. The molecular formula is C13H17N3O2S. The van der Waals surface area contributed by atoms with Crippen LogP contribution in [-0.4, -0.2) is 36.5 Å². The molecule has 0 aliphatic carbocycles. The van der Waals surface area contributed by atoms with E-state index in [9.17, 15) is 8.42 Å². The minimum atomic E-state index is -3.21. The third-order valence-corrected chi connectivity index (χ3v) is 5.30. The van der Waals surface area contributed by atoms with E-state index in [-0.39, 0.29) is 11.7 Å². The van der Waals surface area contributed by atoms with Crippen molar-refractivity contribution in [2.45, 2.75) is 19.3 Å². The topological polar surface area (TPSA) is 74.1 Å². The molecule has 0 radical (unpaired) electrons. The summed E-state index contributed by atoms with van der Waals surface area (Å²) in [4.78, 5) is 3.91. The summed E-state index contributed by atoms with van der Waals surface area (Å²) >= 11 is 0. The number of aryl methyl sites for hydroxylation is 1. The van der Waals surface area contributed by atoms with E-state index in [1.807, 2.05) is 12.1 Å². The lowest BCUT2D eigenvalue weighted by Gasteiger charge is -2.28. The summed E-state index contributed by atoms with van der Waals surface area (Å²) in [6.07, 6.45) is 5.12. The maximum atomic E-state index is 12.2. The van der Waals surface area contributed by atoms with Gasteiger partial charge in [0.25, 0.3) is 0 Å². The lowest BCUT2D eigenvalue weighted by atomic mass is 10.0. The number of rotatable bonds is 4. The van der Waals surface area contributed by atoms with Crippen molar-refractivity contribution in [3.8, 4) is 6.07 Å². The van der Waals surface area contributed by atoms with Crippen molar-refractivity contribution in [2.24, 2.45) is 5.92 Å². The molecule has 0 unspecified atom stereocenters. The van der Waals surface area contributed by atoms with E-state index in [4.69, 9.17) is 5.26 Å². The average molecular weight is 279 g/mol.